The Bertz CT molecular complexity index is 850. The van der Waals surface area contributed by atoms with Crippen LogP contribution < -0.4 is 10.1 Å². The number of ether oxygens (including phenoxy) is 1. The van der Waals surface area contributed by atoms with Crippen molar-refractivity contribution in [1.29, 1.82) is 0 Å². The molecular weight excluding hydrogens is 336 g/mol. The number of anilines is 1. The number of hydrogen-bond donors (Lipinski definition) is 1. The number of methoxy groups -OCH3 is 1. The largest absolute Gasteiger partial charge is 0.496 e. The van der Waals surface area contributed by atoms with Crippen LogP contribution in [0.15, 0.2) is 47.4 Å². The molecule has 1 aliphatic rings. The van der Waals surface area contributed by atoms with Gasteiger partial charge in [0.25, 0.3) is 0 Å². The average Bonchev–Trinajstić information content (AvgIpc) is 3.07. The van der Waals surface area contributed by atoms with E-state index < -0.39 is 10.0 Å². The SMILES string of the molecule is COc1ccc(S(=O)(=O)N2CCC(Nc3ccccc3)C2)c(C)c1C. The minimum Gasteiger partial charge on any atom is -0.496 e. The molecule has 1 unspecified atom stereocenters. The van der Waals surface area contributed by atoms with Gasteiger partial charge in [-0.1, -0.05) is 18.2 Å². The lowest BCUT2D eigenvalue weighted by atomic mass is 10.1. The van der Waals surface area contributed by atoms with E-state index >= 15 is 0 Å². The normalized spacial score (nSPS) is 18.3. The van der Waals surface area contributed by atoms with Crippen LogP contribution in [-0.2, 0) is 10.0 Å². The number of benzene rings is 2. The summed E-state index contributed by atoms with van der Waals surface area (Å²) in [6.45, 7) is 4.72. The van der Waals surface area contributed by atoms with Gasteiger partial charge < -0.3 is 10.1 Å². The quantitative estimate of drug-likeness (QED) is 0.890. The van der Waals surface area contributed by atoms with Crippen LogP contribution in [-0.4, -0.2) is 39.0 Å². The van der Waals surface area contributed by atoms with Gasteiger partial charge in [-0.3, -0.25) is 0 Å². The molecule has 0 radical (unpaired) electrons. The molecule has 0 aromatic heterocycles. The van der Waals surface area contributed by atoms with Crippen molar-refractivity contribution in [2.24, 2.45) is 0 Å². The first-order valence-corrected chi connectivity index (χ1v) is 9.83. The third-order valence-corrected chi connectivity index (χ3v) is 6.83. The zero-order valence-electron chi connectivity index (χ0n) is 14.8. The van der Waals surface area contributed by atoms with Crippen molar-refractivity contribution in [2.45, 2.75) is 31.2 Å². The molecule has 1 heterocycles. The Morgan fingerprint density at radius 3 is 2.48 bits per heavy atom. The Kier molecular flexibility index (Phi) is 5.01. The van der Waals surface area contributed by atoms with Crippen LogP contribution in [0, 0.1) is 13.8 Å². The van der Waals surface area contributed by atoms with Crippen molar-refractivity contribution in [3.05, 3.63) is 53.6 Å². The van der Waals surface area contributed by atoms with E-state index in [1.807, 2.05) is 44.2 Å². The van der Waals surface area contributed by atoms with Crippen LogP contribution in [0.2, 0.25) is 0 Å². The molecule has 1 fully saturated rings. The summed E-state index contributed by atoms with van der Waals surface area (Å²) in [5.41, 5.74) is 2.63. The van der Waals surface area contributed by atoms with Crippen LogP contribution in [0.5, 0.6) is 5.75 Å². The maximum atomic E-state index is 13.1. The third kappa shape index (κ3) is 3.50. The van der Waals surface area contributed by atoms with Gasteiger partial charge in [-0.2, -0.15) is 4.31 Å². The summed E-state index contributed by atoms with van der Waals surface area (Å²) in [4.78, 5) is 0.367. The summed E-state index contributed by atoms with van der Waals surface area (Å²) in [5.74, 6) is 0.710. The van der Waals surface area contributed by atoms with E-state index in [-0.39, 0.29) is 6.04 Å². The lowest BCUT2D eigenvalue weighted by molar-refractivity contribution is 0.410. The van der Waals surface area contributed by atoms with Crippen LogP contribution in [0.4, 0.5) is 5.69 Å². The Morgan fingerprint density at radius 2 is 1.80 bits per heavy atom. The molecule has 1 atom stereocenters. The van der Waals surface area contributed by atoms with Crippen molar-refractivity contribution < 1.29 is 13.2 Å². The highest BCUT2D eigenvalue weighted by Gasteiger charge is 2.33. The van der Waals surface area contributed by atoms with Crippen molar-refractivity contribution >= 4 is 15.7 Å². The number of rotatable bonds is 5. The van der Waals surface area contributed by atoms with E-state index in [9.17, 15) is 8.42 Å². The average molecular weight is 360 g/mol. The van der Waals surface area contributed by atoms with Crippen LogP contribution in [0.25, 0.3) is 0 Å². The van der Waals surface area contributed by atoms with E-state index in [0.717, 1.165) is 23.2 Å². The molecule has 2 aromatic rings. The summed E-state index contributed by atoms with van der Waals surface area (Å²) in [6.07, 6.45) is 0.794. The fourth-order valence-corrected chi connectivity index (χ4v) is 5.03. The van der Waals surface area contributed by atoms with Crippen LogP contribution in [0.1, 0.15) is 17.5 Å². The molecular formula is C19H24N2O3S. The summed E-state index contributed by atoms with van der Waals surface area (Å²) in [6, 6.07) is 13.4. The van der Waals surface area contributed by atoms with Gasteiger partial charge in [0.05, 0.1) is 12.0 Å². The van der Waals surface area contributed by atoms with Gasteiger partial charge in [-0.05, 0) is 55.7 Å². The zero-order chi connectivity index (χ0) is 18.0. The molecule has 6 heteroatoms. The van der Waals surface area contributed by atoms with Gasteiger partial charge in [-0.15, -0.1) is 0 Å². The minimum atomic E-state index is -3.50. The van der Waals surface area contributed by atoms with E-state index in [1.54, 1.807) is 23.5 Å². The number of nitrogens with one attached hydrogen (secondary N) is 1. The maximum absolute atomic E-state index is 13.1. The standard InChI is InChI=1S/C19H24N2O3S/c1-14-15(2)19(10-9-18(14)24-3)25(22,23)21-12-11-17(13-21)20-16-7-5-4-6-8-16/h4-10,17,20H,11-13H2,1-3H3. The molecule has 1 saturated heterocycles. The lowest BCUT2D eigenvalue weighted by Crippen LogP contribution is -2.32. The molecule has 0 saturated carbocycles. The molecule has 2 aromatic carbocycles. The molecule has 25 heavy (non-hydrogen) atoms. The topological polar surface area (TPSA) is 58.6 Å². The molecule has 134 valence electrons. The molecule has 0 bridgehead atoms. The van der Waals surface area contributed by atoms with Gasteiger partial charge in [0.15, 0.2) is 0 Å². The van der Waals surface area contributed by atoms with Gasteiger partial charge in [0.2, 0.25) is 10.0 Å². The summed E-state index contributed by atoms with van der Waals surface area (Å²) in [5, 5.41) is 3.41. The Balaban J connectivity index is 1.79. The molecule has 3 rings (SSSR count). The van der Waals surface area contributed by atoms with Gasteiger partial charge in [0, 0.05) is 24.8 Å². The summed E-state index contributed by atoms with van der Waals surface area (Å²) in [7, 11) is -1.91. The third-order valence-electron chi connectivity index (χ3n) is 4.82. The van der Waals surface area contributed by atoms with E-state index in [0.29, 0.717) is 23.7 Å². The van der Waals surface area contributed by atoms with Crippen LogP contribution >= 0.6 is 0 Å². The monoisotopic (exact) mass is 360 g/mol. The van der Waals surface area contributed by atoms with Gasteiger partial charge >= 0.3 is 0 Å². The van der Waals surface area contributed by atoms with Crippen LogP contribution in [0.3, 0.4) is 0 Å². The fourth-order valence-electron chi connectivity index (χ4n) is 3.25. The first kappa shape index (κ1) is 17.8. The second-order valence-electron chi connectivity index (χ2n) is 6.37. The molecule has 0 aliphatic carbocycles. The van der Waals surface area contributed by atoms with E-state index in [2.05, 4.69) is 5.32 Å². The fraction of sp³-hybridized carbons (Fsp3) is 0.368. The smallest absolute Gasteiger partial charge is 0.243 e. The second-order valence-corrected chi connectivity index (χ2v) is 8.28. The van der Waals surface area contributed by atoms with Gasteiger partial charge in [-0.25, -0.2) is 8.42 Å². The Hall–Kier alpha value is -2.05. The zero-order valence-corrected chi connectivity index (χ0v) is 15.6. The molecule has 0 spiro atoms. The highest BCUT2D eigenvalue weighted by Crippen LogP contribution is 2.30. The predicted molar refractivity (Wildman–Crippen MR) is 99.7 cm³/mol. The molecule has 1 aliphatic heterocycles. The lowest BCUT2D eigenvalue weighted by Gasteiger charge is -2.20. The van der Waals surface area contributed by atoms with Gasteiger partial charge in [0.1, 0.15) is 5.75 Å². The first-order chi connectivity index (χ1) is 11.9. The molecule has 1 N–H and O–H groups in total. The van der Waals surface area contributed by atoms with Crippen molar-refractivity contribution in [1.82, 2.24) is 4.31 Å². The number of sulfonamides is 1. The number of hydrogen-bond acceptors (Lipinski definition) is 4. The Morgan fingerprint density at radius 1 is 1.08 bits per heavy atom. The minimum absolute atomic E-state index is 0.122. The predicted octanol–water partition coefficient (Wildman–Crippen LogP) is 3.19. The van der Waals surface area contributed by atoms with E-state index in [1.165, 1.54) is 0 Å². The van der Waals surface area contributed by atoms with E-state index in [4.69, 9.17) is 4.74 Å². The highest BCUT2D eigenvalue weighted by atomic mass is 32.2. The number of para-hydroxylation sites is 1. The first-order valence-electron chi connectivity index (χ1n) is 8.39. The summed E-state index contributed by atoms with van der Waals surface area (Å²) >= 11 is 0. The van der Waals surface area contributed by atoms with Crippen molar-refractivity contribution in [2.75, 3.05) is 25.5 Å². The Labute approximate surface area is 149 Å². The van der Waals surface area contributed by atoms with Crippen molar-refractivity contribution in [3.8, 4) is 5.75 Å². The maximum Gasteiger partial charge on any atom is 0.243 e. The highest BCUT2D eigenvalue weighted by molar-refractivity contribution is 7.89. The molecule has 0 amide bonds. The van der Waals surface area contributed by atoms with Crippen molar-refractivity contribution in [3.63, 3.8) is 0 Å². The number of nitrogens with zero attached hydrogens (tertiary/aromatic N) is 1. The molecule has 5 nitrogen and oxygen atoms in total. The summed E-state index contributed by atoms with van der Waals surface area (Å²) < 4.78 is 33.0. The second kappa shape index (κ2) is 7.06.